The van der Waals surface area contributed by atoms with Gasteiger partial charge >= 0.3 is 6.18 Å². The highest BCUT2D eigenvalue weighted by atomic mass is 32.2. The molecule has 2 aliphatic rings. The summed E-state index contributed by atoms with van der Waals surface area (Å²) >= 11 is 1.07. The Hall–Kier alpha value is -1.55. The van der Waals surface area contributed by atoms with Gasteiger partial charge in [-0.15, -0.1) is 0 Å². The van der Waals surface area contributed by atoms with Gasteiger partial charge in [0.15, 0.2) is 15.0 Å². The molecule has 0 N–H and O–H groups in total. The Bertz CT molecular complexity index is 882. The van der Waals surface area contributed by atoms with Crippen LogP contribution in [0, 0.1) is 5.92 Å². The maximum absolute atomic E-state index is 13.5. The van der Waals surface area contributed by atoms with Crippen LogP contribution in [0.5, 0.6) is 0 Å². The lowest BCUT2D eigenvalue weighted by Crippen LogP contribution is -2.39. The van der Waals surface area contributed by atoms with E-state index in [1.165, 1.54) is 23.1 Å². The van der Waals surface area contributed by atoms with E-state index in [1.54, 1.807) is 0 Å². The zero-order chi connectivity index (χ0) is 20.0. The second-order valence-corrected chi connectivity index (χ2v) is 10.4. The highest BCUT2D eigenvalue weighted by Crippen LogP contribution is 2.45. The maximum atomic E-state index is 13.5. The van der Waals surface area contributed by atoms with E-state index in [-0.39, 0.29) is 34.7 Å². The number of alkyl halides is 3. The predicted octanol–water partition coefficient (Wildman–Crippen LogP) is 3.35. The zero-order valence-corrected chi connectivity index (χ0v) is 16.4. The number of thioether (sulfide) groups is 1. The zero-order valence-electron chi connectivity index (χ0n) is 14.7. The molecule has 0 radical (unpaired) electrons. The first-order valence-corrected chi connectivity index (χ1v) is 11.1. The number of amides is 1. The van der Waals surface area contributed by atoms with Gasteiger partial charge in [0.1, 0.15) is 0 Å². The van der Waals surface area contributed by atoms with Crippen LogP contribution in [-0.2, 0) is 20.8 Å². The molecule has 148 valence electrons. The minimum Gasteiger partial charge on any atom is -0.315 e. The largest absolute Gasteiger partial charge is 0.418 e. The Balaban J connectivity index is 2.07. The van der Waals surface area contributed by atoms with E-state index >= 15 is 0 Å². The fourth-order valence-electron chi connectivity index (χ4n) is 3.27. The molecule has 0 bridgehead atoms. The molecule has 27 heavy (non-hydrogen) atoms. The predicted molar refractivity (Wildman–Crippen MR) is 99.6 cm³/mol. The first-order chi connectivity index (χ1) is 12.5. The Kier molecular flexibility index (Phi) is 5.33. The molecule has 2 saturated heterocycles. The molecule has 2 fully saturated rings. The monoisotopic (exact) mass is 420 g/mol. The van der Waals surface area contributed by atoms with Crippen LogP contribution in [0.25, 0.3) is 0 Å². The fourth-order valence-corrected chi connectivity index (χ4v) is 7.20. The average Bonchev–Trinajstić information content (AvgIpc) is 2.96. The number of halogens is 3. The first kappa shape index (κ1) is 20.2. The SMILES string of the molecule is CC(C)CC(=O)N=C1SC2CS(=O)(=O)CC2N1c1ccccc1C(F)(F)F. The highest BCUT2D eigenvalue weighted by molar-refractivity contribution is 8.16. The lowest BCUT2D eigenvalue weighted by atomic mass is 10.1. The summed E-state index contributed by atoms with van der Waals surface area (Å²) in [5, 5.41) is -0.302. The number of carbonyl (C=O) groups excluding carboxylic acids is 1. The number of rotatable bonds is 3. The molecule has 0 aliphatic carbocycles. The number of fused-ring (bicyclic) bond motifs is 1. The molecule has 2 heterocycles. The van der Waals surface area contributed by atoms with E-state index in [0.29, 0.717) is 0 Å². The number of aliphatic imine (C=N–C) groups is 1. The van der Waals surface area contributed by atoms with Crippen LogP contribution in [-0.4, -0.2) is 42.3 Å². The van der Waals surface area contributed by atoms with E-state index in [4.69, 9.17) is 0 Å². The molecular weight excluding hydrogens is 401 g/mol. The van der Waals surface area contributed by atoms with Crippen molar-refractivity contribution in [3.8, 4) is 0 Å². The van der Waals surface area contributed by atoms with Crippen LogP contribution in [0.4, 0.5) is 18.9 Å². The van der Waals surface area contributed by atoms with Crippen molar-refractivity contribution in [1.82, 2.24) is 0 Å². The lowest BCUT2D eigenvalue weighted by Gasteiger charge is -2.27. The molecule has 1 aromatic carbocycles. The van der Waals surface area contributed by atoms with Crippen molar-refractivity contribution in [1.29, 1.82) is 0 Å². The van der Waals surface area contributed by atoms with Gasteiger partial charge in [-0.25, -0.2) is 8.42 Å². The number of hydrogen-bond acceptors (Lipinski definition) is 4. The third kappa shape index (κ3) is 4.31. The van der Waals surface area contributed by atoms with Gasteiger partial charge in [0.25, 0.3) is 0 Å². The van der Waals surface area contributed by atoms with Gasteiger partial charge in [0.05, 0.1) is 28.8 Å². The van der Waals surface area contributed by atoms with E-state index in [1.807, 2.05) is 13.8 Å². The van der Waals surface area contributed by atoms with Crippen LogP contribution in [0.2, 0.25) is 0 Å². The van der Waals surface area contributed by atoms with E-state index in [2.05, 4.69) is 4.99 Å². The molecule has 5 nitrogen and oxygen atoms in total. The molecule has 1 amide bonds. The first-order valence-electron chi connectivity index (χ1n) is 8.42. The van der Waals surface area contributed by atoms with Crippen LogP contribution in [0.15, 0.2) is 29.3 Å². The summed E-state index contributed by atoms with van der Waals surface area (Å²) < 4.78 is 64.5. The minimum atomic E-state index is -4.61. The van der Waals surface area contributed by atoms with Crippen LogP contribution in [0.3, 0.4) is 0 Å². The normalized spacial score (nSPS) is 26.0. The van der Waals surface area contributed by atoms with E-state index in [9.17, 15) is 26.4 Å². The Labute approximate surface area is 159 Å². The number of amidine groups is 1. The Morgan fingerprint density at radius 2 is 1.96 bits per heavy atom. The van der Waals surface area contributed by atoms with Crippen LogP contribution >= 0.6 is 11.8 Å². The molecule has 0 saturated carbocycles. The number of para-hydroxylation sites is 1. The average molecular weight is 420 g/mol. The number of sulfone groups is 1. The number of hydrogen-bond donors (Lipinski definition) is 0. The third-order valence-corrected chi connectivity index (χ3v) is 7.55. The van der Waals surface area contributed by atoms with E-state index < -0.39 is 38.8 Å². The number of benzene rings is 1. The molecule has 3 rings (SSSR count). The summed E-state index contributed by atoms with van der Waals surface area (Å²) in [7, 11) is -3.35. The second-order valence-electron chi connectivity index (χ2n) is 7.07. The molecule has 10 heteroatoms. The summed E-state index contributed by atoms with van der Waals surface area (Å²) in [5.74, 6) is -0.757. The molecule has 0 spiro atoms. The van der Waals surface area contributed by atoms with Gasteiger partial charge in [-0.3, -0.25) is 4.79 Å². The summed E-state index contributed by atoms with van der Waals surface area (Å²) in [6, 6.07) is 4.30. The van der Waals surface area contributed by atoms with Crippen molar-refractivity contribution in [2.45, 2.75) is 37.7 Å². The molecule has 2 unspecified atom stereocenters. The van der Waals surface area contributed by atoms with Gasteiger partial charge in [-0.2, -0.15) is 18.2 Å². The van der Waals surface area contributed by atoms with Gasteiger partial charge < -0.3 is 4.90 Å². The van der Waals surface area contributed by atoms with Gasteiger partial charge in [-0.05, 0) is 18.1 Å². The minimum absolute atomic E-state index is 0.0593. The van der Waals surface area contributed by atoms with Crippen molar-refractivity contribution >= 4 is 38.4 Å². The van der Waals surface area contributed by atoms with Crippen LogP contribution in [0.1, 0.15) is 25.8 Å². The van der Waals surface area contributed by atoms with Crippen molar-refractivity contribution in [2.75, 3.05) is 16.4 Å². The van der Waals surface area contributed by atoms with Crippen molar-refractivity contribution in [3.63, 3.8) is 0 Å². The van der Waals surface area contributed by atoms with Crippen molar-refractivity contribution < 1.29 is 26.4 Å². The summed E-state index contributed by atoms with van der Waals surface area (Å²) in [6.45, 7) is 3.69. The molecular formula is C17H19F3N2O3S2. The smallest absolute Gasteiger partial charge is 0.315 e. The molecule has 1 aromatic rings. The van der Waals surface area contributed by atoms with Gasteiger partial charge in [0, 0.05) is 11.7 Å². The van der Waals surface area contributed by atoms with Crippen molar-refractivity contribution in [2.24, 2.45) is 10.9 Å². The Morgan fingerprint density at radius 1 is 1.30 bits per heavy atom. The lowest BCUT2D eigenvalue weighted by molar-refractivity contribution is -0.137. The number of anilines is 1. The number of carbonyl (C=O) groups is 1. The quantitative estimate of drug-likeness (QED) is 0.750. The summed E-state index contributed by atoms with van der Waals surface area (Å²) in [4.78, 5) is 17.5. The topological polar surface area (TPSA) is 66.8 Å². The third-order valence-electron chi connectivity index (χ3n) is 4.34. The maximum Gasteiger partial charge on any atom is 0.418 e. The fraction of sp³-hybridized carbons (Fsp3) is 0.529. The molecule has 2 atom stereocenters. The molecule has 2 aliphatic heterocycles. The summed E-state index contributed by atoms with van der Waals surface area (Å²) in [6.07, 6.45) is -4.43. The van der Waals surface area contributed by atoms with E-state index in [0.717, 1.165) is 17.8 Å². The second kappa shape index (κ2) is 7.12. The molecule has 0 aromatic heterocycles. The standard InChI is InChI=1S/C17H19F3N2O3S2/c1-10(2)7-15(23)21-16-22(13-8-27(24,25)9-14(13)26-16)12-6-4-3-5-11(12)17(18,19)20/h3-6,10,13-14H,7-9H2,1-2H3. The van der Waals surface area contributed by atoms with Crippen molar-refractivity contribution in [3.05, 3.63) is 29.8 Å². The van der Waals surface area contributed by atoms with Gasteiger partial charge in [0.2, 0.25) is 5.91 Å². The highest BCUT2D eigenvalue weighted by Gasteiger charge is 2.51. The van der Waals surface area contributed by atoms with Crippen LogP contribution < -0.4 is 4.90 Å². The number of nitrogens with zero attached hydrogens (tertiary/aromatic N) is 2. The van der Waals surface area contributed by atoms with Gasteiger partial charge in [-0.1, -0.05) is 37.7 Å². The summed E-state index contributed by atoms with van der Waals surface area (Å²) in [5.41, 5.74) is -1.04. The Morgan fingerprint density at radius 3 is 2.59 bits per heavy atom.